The van der Waals surface area contributed by atoms with Crippen molar-refractivity contribution in [3.63, 3.8) is 0 Å². The number of benzene rings is 1. The Hall–Kier alpha value is -1.49. The minimum atomic E-state index is -0.484. The molecule has 1 heterocycles. The summed E-state index contributed by atoms with van der Waals surface area (Å²) in [5.74, 6) is -1.08. The van der Waals surface area contributed by atoms with Crippen molar-refractivity contribution in [3.8, 4) is 0 Å². The van der Waals surface area contributed by atoms with E-state index in [4.69, 9.17) is 4.84 Å². The van der Waals surface area contributed by atoms with Crippen LogP contribution in [0.1, 0.15) is 25.3 Å². The minimum absolute atomic E-state index is 0.161. The summed E-state index contributed by atoms with van der Waals surface area (Å²) >= 11 is 0. The lowest BCUT2D eigenvalue weighted by molar-refractivity contribution is -0.193. The first-order valence-electron chi connectivity index (χ1n) is 6.42. The summed E-state index contributed by atoms with van der Waals surface area (Å²) in [6.07, 6.45) is 1.93. The van der Waals surface area contributed by atoms with Gasteiger partial charge in [0.1, 0.15) is 11.6 Å². The Morgan fingerprint density at radius 1 is 1.32 bits per heavy atom. The van der Waals surface area contributed by atoms with Gasteiger partial charge in [-0.2, -0.15) is 0 Å². The number of piperidine rings is 1. The van der Waals surface area contributed by atoms with Gasteiger partial charge in [0.25, 0.3) is 0 Å². The molecule has 1 fully saturated rings. The molecule has 0 spiro atoms. The predicted octanol–water partition coefficient (Wildman–Crippen LogP) is 2.70. The molecule has 0 aromatic heterocycles. The molecular weight excluding hydrogens is 252 g/mol. The zero-order valence-electron chi connectivity index (χ0n) is 10.9. The third-order valence-electron chi connectivity index (χ3n) is 3.39. The Kier molecular flexibility index (Phi) is 4.47. The quantitative estimate of drug-likeness (QED) is 0.845. The fraction of sp³-hybridized carbons (Fsp3) is 0.500. The Bertz CT molecular complexity index is 437. The first-order valence-corrected chi connectivity index (χ1v) is 6.42. The second kappa shape index (κ2) is 6.10. The largest absolute Gasteiger partial charge is 0.368 e. The minimum Gasteiger partial charge on any atom is -0.368 e. The van der Waals surface area contributed by atoms with E-state index in [1.165, 1.54) is 25.1 Å². The van der Waals surface area contributed by atoms with Gasteiger partial charge in [0.05, 0.1) is 0 Å². The van der Waals surface area contributed by atoms with Crippen molar-refractivity contribution in [2.24, 2.45) is 5.92 Å². The summed E-state index contributed by atoms with van der Waals surface area (Å²) in [4.78, 5) is 15.8. The van der Waals surface area contributed by atoms with Gasteiger partial charge in [0, 0.05) is 25.6 Å². The summed E-state index contributed by atoms with van der Waals surface area (Å²) in [6.45, 7) is 2.58. The molecule has 0 unspecified atom stereocenters. The molecule has 1 aromatic carbocycles. The van der Waals surface area contributed by atoms with Gasteiger partial charge < -0.3 is 4.84 Å². The third-order valence-corrected chi connectivity index (χ3v) is 3.39. The highest BCUT2D eigenvalue weighted by atomic mass is 19.1. The van der Waals surface area contributed by atoms with Crippen LogP contribution in [0.5, 0.6) is 0 Å². The van der Waals surface area contributed by atoms with Crippen LogP contribution in [-0.4, -0.2) is 24.1 Å². The Morgan fingerprint density at radius 2 is 1.89 bits per heavy atom. The van der Waals surface area contributed by atoms with Crippen LogP contribution < -0.4 is 0 Å². The molecule has 1 aromatic rings. The summed E-state index contributed by atoms with van der Waals surface area (Å²) in [5, 5.41) is 1.61. The third kappa shape index (κ3) is 3.73. The van der Waals surface area contributed by atoms with E-state index in [0.29, 0.717) is 19.5 Å². The van der Waals surface area contributed by atoms with E-state index in [1.54, 1.807) is 5.06 Å². The number of rotatable bonds is 3. The monoisotopic (exact) mass is 269 g/mol. The summed E-state index contributed by atoms with van der Waals surface area (Å²) < 4.78 is 27.1. The molecule has 0 amide bonds. The lowest BCUT2D eigenvalue weighted by atomic mass is 9.90. The van der Waals surface area contributed by atoms with Gasteiger partial charge in [-0.1, -0.05) is 6.07 Å². The van der Waals surface area contributed by atoms with E-state index in [2.05, 4.69) is 0 Å². The van der Waals surface area contributed by atoms with Crippen molar-refractivity contribution in [2.45, 2.75) is 26.2 Å². The van der Waals surface area contributed by atoms with E-state index in [1.807, 2.05) is 0 Å². The van der Waals surface area contributed by atoms with E-state index < -0.39 is 11.6 Å². The van der Waals surface area contributed by atoms with Gasteiger partial charge in [0.2, 0.25) is 0 Å². The maximum atomic E-state index is 13.5. The summed E-state index contributed by atoms with van der Waals surface area (Å²) in [7, 11) is 0. The van der Waals surface area contributed by atoms with Crippen LogP contribution in [-0.2, 0) is 16.1 Å². The highest BCUT2D eigenvalue weighted by Crippen LogP contribution is 2.24. The van der Waals surface area contributed by atoms with Crippen molar-refractivity contribution in [3.05, 3.63) is 35.4 Å². The average Bonchev–Trinajstić information content (AvgIpc) is 2.35. The lowest BCUT2D eigenvalue weighted by Gasteiger charge is -2.30. The maximum Gasteiger partial charge on any atom is 0.322 e. The second-order valence-electron chi connectivity index (χ2n) is 4.86. The Balaban J connectivity index is 1.91. The lowest BCUT2D eigenvalue weighted by Crippen LogP contribution is -2.35. The molecule has 1 aliphatic heterocycles. The zero-order chi connectivity index (χ0) is 13.8. The van der Waals surface area contributed by atoms with Crippen LogP contribution in [0.2, 0.25) is 0 Å². The van der Waals surface area contributed by atoms with Crippen LogP contribution in [0, 0.1) is 17.6 Å². The summed E-state index contributed by atoms with van der Waals surface area (Å²) in [5.41, 5.74) is 0.161. The van der Waals surface area contributed by atoms with Crippen LogP contribution in [0.4, 0.5) is 8.78 Å². The van der Waals surface area contributed by atoms with Crippen molar-refractivity contribution in [1.29, 1.82) is 0 Å². The molecule has 0 atom stereocenters. The van der Waals surface area contributed by atoms with Crippen molar-refractivity contribution < 1.29 is 18.4 Å². The SMILES string of the molecule is CC(=O)ON1CCC(Cc2c(F)cccc2F)CC1. The molecule has 0 N–H and O–H groups in total. The van der Waals surface area contributed by atoms with Gasteiger partial charge in [-0.05, 0) is 37.3 Å². The molecule has 2 rings (SSSR count). The topological polar surface area (TPSA) is 29.5 Å². The van der Waals surface area contributed by atoms with Crippen LogP contribution in [0.3, 0.4) is 0 Å². The zero-order valence-corrected chi connectivity index (χ0v) is 10.9. The second-order valence-corrected chi connectivity index (χ2v) is 4.86. The number of hydrogen-bond donors (Lipinski definition) is 0. The molecule has 104 valence electrons. The number of hydrogen-bond acceptors (Lipinski definition) is 3. The molecule has 5 heteroatoms. The van der Waals surface area contributed by atoms with Gasteiger partial charge in [-0.15, -0.1) is 5.06 Å². The molecule has 0 radical (unpaired) electrons. The summed E-state index contributed by atoms with van der Waals surface area (Å²) in [6, 6.07) is 3.94. The van der Waals surface area contributed by atoms with Gasteiger partial charge >= 0.3 is 5.97 Å². The van der Waals surface area contributed by atoms with E-state index in [-0.39, 0.29) is 17.5 Å². The van der Waals surface area contributed by atoms with Crippen molar-refractivity contribution in [2.75, 3.05) is 13.1 Å². The molecule has 19 heavy (non-hydrogen) atoms. The van der Waals surface area contributed by atoms with Crippen LogP contribution in [0.15, 0.2) is 18.2 Å². The van der Waals surface area contributed by atoms with Crippen LogP contribution in [0.25, 0.3) is 0 Å². The van der Waals surface area contributed by atoms with Gasteiger partial charge in [-0.25, -0.2) is 8.78 Å². The Labute approximate surface area is 111 Å². The highest BCUT2D eigenvalue weighted by Gasteiger charge is 2.23. The van der Waals surface area contributed by atoms with E-state index in [9.17, 15) is 13.6 Å². The molecule has 1 aliphatic rings. The first-order chi connectivity index (χ1) is 9.06. The normalized spacial score (nSPS) is 17.4. The molecule has 0 bridgehead atoms. The molecule has 0 saturated carbocycles. The van der Waals surface area contributed by atoms with E-state index >= 15 is 0 Å². The van der Waals surface area contributed by atoms with Crippen molar-refractivity contribution in [1.82, 2.24) is 5.06 Å². The standard InChI is InChI=1S/C14H17F2NO2/c1-10(18)19-17-7-5-11(6-8-17)9-12-13(15)3-2-4-14(12)16/h2-4,11H,5-9H2,1H3. The van der Waals surface area contributed by atoms with Gasteiger partial charge in [-0.3, -0.25) is 4.79 Å². The van der Waals surface area contributed by atoms with E-state index in [0.717, 1.165) is 12.8 Å². The molecule has 1 saturated heterocycles. The fourth-order valence-electron chi connectivity index (χ4n) is 2.40. The van der Waals surface area contributed by atoms with Gasteiger partial charge in [0.15, 0.2) is 0 Å². The predicted molar refractivity (Wildman–Crippen MR) is 66.1 cm³/mol. The number of hydroxylamine groups is 2. The smallest absolute Gasteiger partial charge is 0.322 e. The van der Waals surface area contributed by atoms with Crippen LogP contribution >= 0.6 is 0 Å². The molecule has 3 nitrogen and oxygen atoms in total. The Morgan fingerprint density at radius 3 is 2.42 bits per heavy atom. The number of carbonyl (C=O) groups excluding carboxylic acids is 1. The number of halogens is 2. The molecule has 0 aliphatic carbocycles. The molecular formula is C14H17F2NO2. The number of carbonyl (C=O) groups is 1. The number of nitrogens with zero attached hydrogens (tertiary/aromatic N) is 1. The fourth-order valence-corrected chi connectivity index (χ4v) is 2.40. The maximum absolute atomic E-state index is 13.5. The van der Waals surface area contributed by atoms with Crippen molar-refractivity contribution >= 4 is 5.97 Å². The average molecular weight is 269 g/mol. The first kappa shape index (κ1) is 13.9. The highest BCUT2D eigenvalue weighted by molar-refractivity contribution is 5.65.